The largest absolute Gasteiger partial charge is 0.489 e. The van der Waals surface area contributed by atoms with E-state index in [1.54, 1.807) is 0 Å². The van der Waals surface area contributed by atoms with Crippen LogP contribution >= 0.6 is 0 Å². The van der Waals surface area contributed by atoms with E-state index >= 15 is 0 Å². The summed E-state index contributed by atoms with van der Waals surface area (Å²) in [5, 5.41) is 3.17. The minimum absolute atomic E-state index is 0.552. The van der Waals surface area contributed by atoms with Crippen molar-refractivity contribution in [3.8, 4) is 5.75 Å². The molecule has 0 amide bonds. The quantitative estimate of drug-likeness (QED) is 0.726. The van der Waals surface area contributed by atoms with Crippen LogP contribution in [0.3, 0.4) is 0 Å². The second-order valence-corrected chi connectivity index (χ2v) is 4.04. The van der Waals surface area contributed by atoms with Gasteiger partial charge in [-0.3, -0.25) is 0 Å². The van der Waals surface area contributed by atoms with Gasteiger partial charge in [0, 0.05) is 6.54 Å². The summed E-state index contributed by atoms with van der Waals surface area (Å²) in [6, 6.07) is 8.04. The molecule has 0 unspecified atom stereocenters. The molecular formula is C15H21NO. The Morgan fingerprint density at radius 2 is 2.06 bits per heavy atom. The van der Waals surface area contributed by atoms with E-state index in [9.17, 15) is 0 Å². The predicted octanol–water partition coefficient (Wildman–Crippen LogP) is 3.44. The van der Waals surface area contributed by atoms with Crippen LogP contribution in [-0.4, -0.2) is 13.2 Å². The van der Waals surface area contributed by atoms with E-state index in [-0.39, 0.29) is 0 Å². The molecule has 0 aliphatic rings. The molecule has 17 heavy (non-hydrogen) atoms. The summed E-state index contributed by atoms with van der Waals surface area (Å²) in [5.41, 5.74) is 2.27. The highest BCUT2D eigenvalue weighted by atomic mass is 16.5. The zero-order valence-electron chi connectivity index (χ0n) is 10.7. The van der Waals surface area contributed by atoms with Crippen molar-refractivity contribution in [2.75, 3.05) is 13.2 Å². The third kappa shape index (κ3) is 5.81. The van der Waals surface area contributed by atoms with Crippen molar-refractivity contribution >= 4 is 0 Å². The van der Waals surface area contributed by atoms with Gasteiger partial charge in [-0.2, -0.15) is 0 Å². The maximum atomic E-state index is 5.62. The van der Waals surface area contributed by atoms with Gasteiger partial charge in [0.05, 0.1) is 0 Å². The van der Waals surface area contributed by atoms with Crippen molar-refractivity contribution in [3.63, 3.8) is 0 Å². The molecule has 0 radical (unpaired) electrons. The van der Waals surface area contributed by atoms with E-state index in [1.165, 1.54) is 5.56 Å². The highest BCUT2D eigenvalue weighted by molar-refractivity contribution is 5.26. The molecule has 0 aliphatic heterocycles. The van der Waals surface area contributed by atoms with Crippen molar-refractivity contribution in [3.05, 3.63) is 54.3 Å². The molecule has 0 saturated heterocycles. The molecule has 0 saturated carbocycles. The van der Waals surface area contributed by atoms with Gasteiger partial charge in [0.1, 0.15) is 12.4 Å². The summed E-state index contributed by atoms with van der Waals surface area (Å²) < 4.78 is 5.62. The van der Waals surface area contributed by atoms with Crippen LogP contribution in [-0.2, 0) is 0 Å². The molecule has 1 aromatic rings. The Hall–Kier alpha value is -1.70. The molecule has 1 rings (SSSR count). The summed E-state index contributed by atoms with van der Waals surface area (Å²) in [6.07, 6.45) is 5.07. The zero-order chi connectivity index (χ0) is 12.5. The first kappa shape index (κ1) is 13.4. The molecular weight excluding hydrogens is 210 g/mol. The van der Waals surface area contributed by atoms with Crippen LogP contribution in [0.15, 0.2) is 48.7 Å². The van der Waals surface area contributed by atoms with Gasteiger partial charge in [0.25, 0.3) is 0 Å². The second kappa shape index (κ2) is 7.55. The van der Waals surface area contributed by atoms with E-state index in [0.717, 1.165) is 24.3 Å². The van der Waals surface area contributed by atoms with Gasteiger partial charge in [0.2, 0.25) is 0 Å². The number of allylic oxidation sites excluding steroid dienone is 1. The van der Waals surface area contributed by atoms with Crippen LogP contribution in [0.25, 0.3) is 0 Å². The van der Waals surface area contributed by atoms with Crippen molar-refractivity contribution in [1.82, 2.24) is 5.32 Å². The molecule has 0 heterocycles. The molecule has 1 N–H and O–H groups in total. The maximum Gasteiger partial charge on any atom is 0.119 e. The maximum absolute atomic E-state index is 5.62. The van der Waals surface area contributed by atoms with Crippen molar-refractivity contribution in [2.45, 2.75) is 20.3 Å². The van der Waals surface area contributed by atoms with Crippen molar-refractivity contribution < 1.29 is 4.74 Å². The number of hydrogen-bond donors (Lipinski definition) is 1. The minimum Gasteiger partial charge on any atom is -0.489 e. The van der Waals surface area contributed by atoms with Gasteiger partial charge in [-0.25, -0.2) is 0 Å². The lowest BCUT2D eigenvalue weighted by atomic mass is 10.2. The molecule has 0 fully saturated rings. The Labute approximate surface area is 104 Å². The average molecular weight is 231 g/mol. The summed E-state index contributed by atoms with van der Waals surface area (Å²) in [4.78, 5) is 0. The third-order valence-corrected chi connectivity index (χ3v) is 2.29. The lowest BCUT2D eigenvalue weighted by Gasteiger charge is -2.08. The molecule has 0 aromatic heterocycles. The summed E-state index contributed by atoms with van der Waals surface area (Å²) >= 11 is 0. The topological polar surface area (TPSA) is 21.3 Å². The smallest absolute Gasteiger partial charge is 0.119 e. The number of ether oxygens (including phenoxy) is 1. The Kier molecular flexibility index (Phi) is 5.94. The lowest BCUT2D eigenvalue weighted by molar-refractivity contribution is 0.349. The molecule has 2 heteroatoms. The number of hydrogen-bond acceptors (Lipinski definition) is 2. The van der Waals surface area contributed by atoms with Crippen LogP contribution in [0.4, 0.5) is 0 Å². The molecule has 0 bridgehead atoms. The Morgan fingerprint density at radius 1 is 1.35 bits per heavy atom. The van der Waals surface area contributed by atoms with Crippen LogP contribution < -0.4 is 10.1 Å². The van der Waals surface area contributed by atoms with Crippen molar-refractivity contribution in [1.29, 1.82) is 0 Å². The molecule has 0 aliphatic carbocycles. The van der Waals surface area contributed by atoms with Gasteiger partial charge in [-0.1, -0.05) is 37.3 Å². The summed E-state index contributed by atoms with van der Waals surface area (Å²) in [5.74, 6) is 0.890. The molecule has 92 valence electrons. The highest BCUT2D eigenvalue weighted by Crippen LogP contribution is 2.11. The van der Waals surface area contributed by atoms with Crippen LogP contribution in [0.2, 0.25) is 0 Å². The first-order valence-electron chi connectivity index (χ1n) is 5.97. The standard InChI is InChI=1S/C15H21NO/c1-4-5-10-16-11-14(3)12-17-15-8-6-13(2)7-9-15/h5-10,16H,3-4,11-12H2,1-2H3/b10-5+. The van der Waals surface area contributed by atoms with Gasteiger partial charge >= 0.3 is 0 Å². The van der Waals surface area contributed by atoms with Gasteiger partial charge < -0.3 is 10.1 Å². The monoisotopic (exact) mass is 231 g/mol. The number of benzene rings is 1. The SMILES string of the molecule is C=C(CN/C=C/CC)COc1ccc(C)cc1. The van der Waals surface area contributed by atoms with Gasteiger partial charge in [0.15, 0.2) is 0 Å². The fraction of sp³-hybridized carbons (Fsp3) is 0.333. The normalized spacial score (nSPS) is 10.5. The zero-order valence-corrected chi connectivity index (χ0v) is 10.7. The molecule has 2 nitrogen and oxygen atoms in total. The fourth-order valence-electron chi connectivity index (χ4n) is 1.28. The number of rotatable bonds is 7. The number of aryl methyl sites for hydroxylation is 1. The minimum atomic E-state index is 0.552. The van der Waals surface area contributed by atoms with Gasteiger partial charge in [-0.05, 0) is 37.3 Å². The van der Waals surface area contributed by atoms with Crippen molar-refractivity contribution in [2.24, 2.45) is 0 Å². The Bertz CT molecular complexity index is 365. The van der Waals surface area contributed by atoms with Crippen LogP contribution in [0.5, 0.6) is 5.75 Å². The third-order valence-electron chi connectivity index (χ3n) is 2.29. The first-order chi connectivity index (χ1) is 8.22. The summed E-state index contributed by atoms with van der Waals surface area (Å²) in [6.45, 7) is 9.43. The lowest BCUT2D eigenvalue weighted by Crippen LogP contribution is -2.14. The Balaban J connectivity index is 2.23. The molecule has 1 aromatic carbocycles. The first-order valence-corrected chi connectivity index (χ1v) is 5.97. The summed E-state index contributed by atoms with van der Waals surface area (Å²) in [7, 11) is 0. The van der Waals surface area contributed by atoms with Crippen LogP contribution in [0, 0.1) is 6.92 Å². The van der Waals surface area contributed by atoms with E-state index in [2.05, 4.69) is 31.8 Å². The van der Waals surface area contributed by atoms with E-state index in [0.29, 0.717) is 6.61 Å². The van der Waals surface area contributed by atoms with Gasteiger partial charge in [-0.15, -0.1) is 0 Å². The highest BCUT2D eigenvalue weighted by Gasteiger charge is 1.95. The fourth-order valence-corrected chi connectivity index (χ4v) is 1.28. The Morgan fingerprint density at radius 3 is 2.71 bits per heavy atom. The number of nitrogens with one attached hydrogen (secondary N) is 1. The predicted molar refractivity (Wildman–Crippen MR) is 73.2 cm³/mol. The van der Waals surface area contributed by atoms with Crippen LogP contribution in [0.1, 0.15) is 18.9 Å². The average Bonchev–Trinajstić information content (AvgIpc) is 2.34. The molecule has 0 atom stereocenters. The molecule has 0 spiro atoms. The van der Waals surface area contributed by atoms with E-state index in [4.69, 9.17) is 4.74 Å². The van der Waals surface area contributed by atoms with E-state index in [1.807, 2.05) is 30.5 Å². The van der Waals surface area contributed by atoms with E-state index < -0.39 is 0 Å². The second-order valence-electron chi connectivity index (χ2n) is 4.04.